The number of aromatic nitrogens is 2. The van der Waals surface area contributed by atoms with Crippen LogP contribution in [-0.4, -0.2) is 41.9 Å². The van der Waals surface area contributed by atoms with Crippen molar-refractivity contribution >= 4 is 27.6 Å². The van der Waals surface area contributed by atoms with Gasteiger partial charge in [-0.2, -0.15) is 8.42 Å². The van der Waals surface area contributed by atoms with Crippen molar-refractivity contribution in [3.8, 4) is 11.6 Å². The number of hydrogen-bond donors (Lipinski definition) is 3. The molecule has 0 bridgehead atoms. The highest BCUT2D eigenvalue weighted by Crippen LogP contribution is 2.30. The molecule has 3 heterocycles. The molecule has 1 aliphatic heterocycles. The van der Waals surface area contributed by atoms with Gasteiger partial charge in [-0.3, -0.25) is 9.52 Å². The molecule has 0 fully saturated rings. The molecule has 0 aliphatic carbocycles. The standard InChI is InChI=1S/C21H22N6O4S/c1-21(2,24-20(28)14-8-9-23-17(12-14)27-10-3-4-11-27)13-31-16-7-5-6-15-18(16)19(22)26-32(29,30)25-15/h3-12,25H,13H2,1-2H3,(H2,22,26)(H,24,28). The normalized spacial score (nSPS) is 14.6. The Labute approximate surface area is 185 Å². The molecule has 4 rings (SSSR count). The van der Waals surface area contributed by atoms with E-state index in [-0.39, 0.29) is 24.0 Å². The molecule has 1 aliphatic rings. The Balaban J connectivity index is 1.47. The fourth-order valence-electron chi connectivity index (χ4n) is 3.20. The first-order valence-electron chi connectivity index (χ1n) is 9.70. The number of pyridine rings is 1. The molecule has 11 heteroatoms. The maximum atomic E-state index is 12.8. The number of anilines is 1. The van der Waals surface area contributed by atoms with Crippen LogP contribution in [0.5, 0.6) is 5.75 Å². The van der Waals surface area contributed by atoms with Crippen LogP contribution in [0.15, 0.2) is 65.5 Å². The highest BCUT2D eigenvalue weighted by atomic mass is 32.2. The van der Waals surface area contributed by atoms with Crippen molar-refractivity contribution in [2.75, 3.05) is 11.3 Å². The molecule has 1 aromatic carbocycles. The van der Waals surface area contributed by atoms with Crippen LogP contribution in [0.1, 0.15) is 29.8 Å². The van der Waals surface area contributed by atoms with Crippen molar-refractivity contribution in [2.45, 2.75) is 19.4 Å². The number of nitrogens with zero attached hydrogens (tertiary/aromatic N) is 3. The second-order valence-corrected chi connectivity index (χ2v) is 9.19. The Hall–Kier alpha value is -3.86. The molecule has 10 nitrogen and oxygen atoms in total. The number of benzene rings is 1. The van der Waals surface area contributed by atoms with Crippen molar-refractivity contribution < 1.29 is 17.9 Å². The average molecular weight is 455 g/mol. The molecule has 0 saturated carbocycles. The Morgan fingerprint density at radius 3 is 2.72 bits per heavy atom. The summed E-state index contributed by atoms with van der Waals surface area (Å²) in [6.07, 6.45) is 5.27. The Morgan fingerprint density at radius 1 is 1.22 bits per heavy atom. The van der Waals surface area contributed by atoms with Crippen molar-refractivity contribution in [1.29, 1.82) is 0 Å². The third-order valence-electron chi connectivity index (χ3n) is 4.66. The lowest BCUT2D eigenvalue weighted by atomic mass is 10.1. The predicted octanol–water partition coefficient (Wildman–Crippen LogP) is 1.84. The van der Waals surface area contributed by atoms with Gasteiger partial charge < -0.3 is 20.4 Å². The fourth-order valence-corrected chi connectivity index (χ4v) is 4.04. The molecule has 166 valence electrons. The van der Waals surface area contributed by atoms with Crippen LogP contribution >= 0.6 is 0 Å². The van der Waals surface area contributed by atoms with E-state index in [0.717, 1.165) is 0 Å². The van der Waals surface area contributed by atoms with Crippen LogP contribution in [0.2, 0.25) is 0 Å². The third-order valence-corrected chi connectivity index (χ3v) is 5.57. The van der Waals surface area contributed by atoms with Crippen LogP contribution in [0.25, 0.3) is 5.82 Å². The molecule has 0 unspecified atom stereocenters. The van der Waals surface area contributed by atoms with Crippen molar-refractivity contribution in [1.82, 2.24) is 14.9 Å². The van der Waals surface area contributed by atoms with E-state index in [1.165, 1.54) is 0 Å². The summed E-state index contributed by atoms with van der Waals surface area (Å²) < 4.78 is 37.0. The lowest BCUT2D eigenvalue weighted by Gasteiger charge is -2.27. The Bertz CT molecular complexity index is 1300. The van der Waals surface area contributed by atoms with Gasteiger partial charge in [-0.15, -0.1) is 4.40 Å². The minimum atomic E-state index is -3.88. The molecular weight excluding hydrogens is 432 g/mol. The lowest BCUT2D eigenvalue weighted by molar-refractivity contribution is 0.0880. The molecule has 0 spiro atoms. The highest BCUT2D eigenvalue weighted by molar-refractivity contribution is 7.91. The van der Waals surface area contributed by atoms with Crippen LogP contribution in [0.3, 0.4) is 0 Å². The maximum Gasteiger partial charge on any atom is 0.344 e. The first-order valence-corrected chi connectivity index (χ1v) is 11.1. The van der Waals surface area contributed by atoms with E-state index in [4.69, 9.17) is 10.5 Å². The number of carbonyl (C=O) groups is 1. The molecule has 1 amide bonds. The Kier molecular flexibility index (Phi) is 5.35. The molecular formula is C21H22N6O4S. The number of amides is 1. The number of nitrogens with one attached hydrogen (secondary N) is 2. The summed E-state index contributed by atoms with van der Waals surface area (Å²) in [5.41, 5.74) is 6.19. The van der Waals surface area contributed by atoms with Crippen LogP contribution in [0.4, 0.5) is 5.69 Å². The van der Waals surface area contributed by atoms with Gasteiger partial charge in [-0.05, 0) is 50.2 Å². The van der Waals surface area contributed by atoms with Crippen molar-refractivity contribution in [3.05, 3.63) is 72.2 Å². The summed E-state index contributed by atoms with van der Waals surface area (Å²) in [5.74, 6) is 0.543. The first kappa shape index (κ1) is 21.4. The van der Waals surface area contributed by atoms with Gasteiger partial charge in [0.05, 0.1) is 16.8 Å². The number of amidine groups is 1. The van der Waals surface area contributed by atoms with E-state index in [2.05, 4.69) is 19.4 Å². The molecule has 4 N–H and O–H groups in total. The molecule has 0 saturated heterocycles. The van der Waals surface area contributed by atoms with E-state index in [9.17, 15) is 13.2 Å². The summed E-state index contributed by atoms with van der Waals surface area (Å²) in [6.45, 7) is 3.73. The maximum absolute atomic E-state index is 12.8. The summed E-state index contributed by atoms with van der Waals surface area (Å²) in [5, 5.41) is 2.95. The minimum Gasteiger partial charge on any atom is -0.490 e. The fraction of sp³-hybridized carbons (Fsp3) is 0.190. The number of fused-ring (bicyclic) bond motifs is 1. The minimum absolute atomic E-state index is 0.102. The van der Waals surface area contributed by atoms with Crippen molar-refractivity contribution in [3.63, 3.8) is 0 Å². The summed E-state index contributed by atoms with van der Waals surface area (Å²) in [7, 11) is -3.88. The average Bonchev–Trinajstić information content (AvgIpc) is 3.26. The smallest absolute Gasteiger partial charge is 0.344 e. The molecule has 0 radical (unpaired) electrons. The van der Waals surface area contributed by atoms with E-state index in [1.807, 2.05) is 42.9 Å². The third kappa shape index (κ3) is 4.57. The first-order chi connectivity index (χ1) is 15.1. The summed E-state index contributed by atoms with van der Waals surface area (Å²) in [6, 6.07) is 11.9. The Morgan fingerprint density at radius 2 is 1.97 bits per heavy atom. The molecule has 3 aromatic rings. The largest absolute Gasteiger partial charge is 0.490 e. The van der Waals surface area contributed by atoms with Crippen LogP contribution in [0, 0.1) is 0 Å². The van der Waals surface area contributed by atoms with Gasteiger partial charge in [-0.25, -0.2) is 4.98 Å². The SMILES string of the molecule is CC(C)(COc1cccc2c1C(N)=NS(=O)(=O)N2)NC(=O)c1ccnc(-n2cccc2)c1. The van der Waals surface area contributed by atoms with Crippen LogP contribution in [-0.2, 0) is 10.2 Å². The zero-order valence-electron chi connectivity index (χ0n) is 17.4. The second kappa shape index (κ2) is 8.00. The quantitative estimate of drug-likeness (QED) is 0.519. The van der Waals surface area contributed by atoms with Gasteiger partial charge in [0.15, 0.2) is 5.84 Å². The number of hydrogen-bond acceptors (Lipinski definition) is 6. The van der Waals surface area contributed by atoms with E-state index >= 15 is 0 Å². The number of carbonyl (C=O) groups excluding carboxylic acids is 1. The molecule has 32 heavy (non-hydrogen) atoms. The van der Waals surface area contributed by atoms with Gasteiger partial charge in [0, 0.05) is 24.2 Å². The van der Waals surface area contributed by atoms with Gasteiger partial charge in [0.2, 0.25) is 0 Å². The van der Waals surface area contributed by atoms with E-state index in [0.29, 0.717) is 22.7 Å². The summed E-state index contributed by atoms with van der Waals surface area (Å²) >= 11 is 0. The molecule has 0 atom stereocenters. The molecule has 2 aromatic heterocycles. The summed E-state index contributed by atoms with van der Waals surface area (Å²) in [4.78, 5) is 17.1. The second-order valence-electron chi connectivity index (χ2n) is 7.85. The van der Waals surface area contributed by atoms with Crippen LogP contribution < -0.4 is 20.5 Å². The van der Waals surface area contributed by atoms with Gasteiger partial charge in [-0.1, -0.05) is 6.07 Å². The van der Waals surface area contributed by atoms with Gasteiger partial charge in [0.25, 0.3) is 5.91 Å². The highest BCUT2D eigenvalue weighted by Gasteiger charge is 2.27. The lowest BCUT2D eigenvalue weighted by Crippen LogP contribution is -2.48. The van der Waals surface area contributed by atoms with Gasteiger partial charge >= 0.3 is 10.2 Å². The zero-order valence-corrected chi connectivity index (χ0v) is 18.3. The zero-order chi connectivity index (χ0) is 22.9. The monoisotopic (exact) mass is 454 g/mol. The number of nitrogens with two attached hydrogens (primary N) is 1. The number of ether oxygens (including phenoxy) is 1. The van der Waals surface area contributed by atoms with E-state index in [1.54, 1.807) is 36.5 Å². The van der Waals surface area contributed by atoms with Crippen molar-refractivity contribution in [2.24, 2.45) is 10.1 Å². The van der Waals surface area contributed by atoms with Gasteiger partial charge in [0.1, 0.15) is 18.2 Å². The van der Waals surface area contributed by atoms with E-state index < -0.39 is 15.7 Å². The number of rotatable bonds is 6. The predicted molar refractivity (Wildman–Crippen MR) is 120 cm³/mol. The topological polar surface area (TPSA) is 141 Å².